The number of nitrogens with one attached hydrogen (secondary N) is 2. The number of benzene rings is 6. The zero-order valence-electron chi connectivity index (χ0n) is 47.2. The van der Waals surface area contributed by atoms with Gasteiger partial charge in [0.05, 0.1) is 17.1 Å². The Kier molecular flexibility index (Phi) is 18.3. The van der Waals surface area contributed by atoms with Gasteiger partial charge in [-0.3, -0.25) is 45.2 Å². The Bertz CT molecular complexity index is 3690. The number of fused-ring (bicyclic) bond motifs is 4. The molecular weight excluding hydrogens is 1050 g/mol. The maximum absolute atomic E-state index is 12.8. The molecule has 2 heterocycles. The molecular formula is C66H73N7O6SSi. The second kappa shape index (κ2) is 25.5. The predicted octanol–water partition coefficient (Wildman–Crippen LogP) is 13.2. The number of aliphatic imine (C=N–C) groups is 1. The molecule has 7 aromatic rings. The van der Waals surface area contributed by atoms with Gasteiger partial charge in [-0.15, -0.1) is 21.8 Å². The molecule has 418 valence electrons. The molecule has 0 saturated heterocycles. The van der Waals surface area contributed by atoms with Crippen LogP contribution in [0.2, 0.25) is 13.1 Å². The molecule has 6 aromatic carbocycles. The first kappa shape index (κ1) is 58.1. The van der Waals surface area contributed by atoms with Gasteiger partial charge in [-0.25, -0.2) is 0 Å². The van der Waals surface area contributed by atoms with Crippen LogP contribution < -0.4 is 26.3 Å². The third-order valence-corrected chi connectivity index (χ3v) is 20.3. The highest BCUT2D eigenvalue weighted by atomic mass is 32.1. The van der Waals surface area contributed by atoms with Crippen molar-refractivity contribution < 1.29 is 30.4 Å². The molecule has 0 atom stereocenters. The minimum Gasteiger partial charge on any atom is -0.388 e. The molecule has 6 N–H and O–H groups in total. The summed E-state index contributed by atoms with van der Waals surface area (Å²) in [5.41, 5.74) is 13.2. The SMILES string of the molecule is C=C(C)C(=O)CCCCN(Cc1ccccc1N(O)O)Cc1c2ccccc2c(CN(CCCNC(=O)C(=C)C)Cc2ccccc2N(O)O)c2ccc(-c3cc(C4=C5C=CC(=NC)C=C5[Si](C)(C)c5cc(NC)ccc54)cs3)cc12. The van der Waals surface area contributed by atoms with E-state index in [1.165, 1.54) is 27.1 Å². The zero-order valence-corrected chi connectivity index (χ0v) is 49.0. The van der Waals surface area contributed by atoms with Gasteiger partial charge < -0.3 is 10.6 Å². The number of unbranched alkanes of at least 4 members (excludes halogenated alkanes) is 1. The van der Waals surface area contributed by atoms with E-state index >= 15 is 0 Å². The molecule has 2 aliphatic rings. The molecule has 1 aromatic heterocycles. The van der Waals surface area contributed by atoms with Gasteiger partial charge in [0.2, 0.25) is 5.91 Å². The fraction of sp³-hybridized carbons (Fsp3) is 0.258. The van der Waals surface area contributed by atoms with Crippen LogP contribution in [0.4, 0.5) is 17.1 Å². The van der Waals surface area contributed by atoms with Crippen LogP contribution >= 0.6 is 11.3 Å². The first-order valence-corrected chi connectivity index (χ1v) is 31.4. The molecule has 0 unspecified atom stereocenters. The van der Waals surface area contributed by atoms with Gasteiger partial charge >= 0.3 is 0 Å². The van der Waals surface area contributed by atoms with Crippen molar-refractivity contribution in [1.29, 1.82) is 0 Å². The number of thiophene rings is 1. The summed E-state index contributed by atoms with van der Waals surface area (Å²) < 4.78 is 0. The maximum atomic E-state index is 12.8. The van der Waals surface area contributed by atoms with Crippen LogP contribution in [0.25, 0.3) is 37.6 Å². The lowest BCUT2D eigenvalue weighted by atomic mass is 9.89. The summed E-state index contributed by atoms with van der Waals surface area (Å²) in [7, 11) is 1.66. The van der Waals surface area contributed by atoms with Crippen molar-refractivity contribution in [2.24, 2.45) is 4.99 Å². The van der Waals surface area contributed by atoms with Gasteiger partial charge in [-0.05, 0) is 181 Å². The molecule has 9 rings (SSSR count). The highest BCUT2D eigenvalue weighted by Crippen LogP contribution is 2.45. The minimum absolute atomic E-state index is 0.0460. The second-order valence-electron chi connectivity index (χ2n) is 21.7. The van der Waals surface area contributed by atoms with E-state index in [-0.39, 0.29) is 33.5 Å². The second-order valence-corrected chi connectivity index (χ2v) is 27.0. The lowest BCUT2D eigenvalue weighted by molar-refractivity contribution is -0.117. The Balaban J connectivity index is 1.21. The number of anilines is 3. The van der Waals surface area contributed by atoms with Crippen LogP contribution in [0.3, 0.4) is 0 Å². The molecule has 1 amide bonds. The predicted molar refractivity (Wildman–Crippen MR) is 334 cm³/mol. The molecule has 13 nitrogen and oxygen atoms in total. The van der Waals surface area contributed by atoms with Crippen molar-refractivity contribution in [3.8, 4) is 10.4 Å². The van der Waals surface area contributed by atoms with Gasteiger partial charge in [0.15, 0.2) is 5.78 Å². The van der Waals surface area contributed by atoms with E-state index in [0.717, 1.165) is 77.6 Å². The Hall–Kier alpha value is -7.57. The summed E-state index contributed by atoms with van der Waals surface area (Å²) in [5, 5.41) is 57.6. The summed E-state index contributed by atoms with van der Waals surface area (Å²) >= 11 is 1.73. The van der Waals surface area contributed by atoms with Crippen LogP contribution in [-0.2, 0) is 35.8 Å². The fourth-order valence-corrected chi connectivity index (χ4v) is 15.4. The van der Waals surface area contributed by atoms with E-state index in [0.29, 0.717) is 76.2 Å². The highest BCUT2D eigenvalue weighted by Gasteiger charge is 2.40. The molecule has 0 saturated carbocycles. The molecule has 1 aliphatic heterocycles. The smallest absolute Gasteiger partial charge is 0.246 e. The van der Waals surface area contributed by atoms with Crippen LogP contribution in [0.15, 0.2) is 179 Å². The summed E-state index contributed by atoms with van der Waals surface area (Å²) in [6, 6.07) is 38.9. The summed E-state index contributed by atoms with van der Waals surface area (Å²) in [4.78, 5) is 35.7. The van der Waals surface area contributed by atoms with Crippen LogP contribution in [0.1, 0.15) is 72.9 Å². The highest BCUT2D eigenvalue weighted by molar-refractivity contribution is 7.13. The number of rotatable bonds is 24. The fourth-order valence-electron chi connectivity index (χ4n) is 11.4. The Morgan fingerprint density at radius 1 is 0.667 bits per heavy atom. The third-order valence-electron chi connectivity index (χ3n) is 15.8. The number of ketones is 1. The molecule has 81 heavy (non-hydrogen) atoms. The van der Waals surface area contributed by atoms with Crippen LogP contribution in [0, 0.1) is 0 Å². The van der Waals surface area contributed by atoms with Crippen LogP contribution in [-0.4, -0.2) is 89.8 Å². The van der Waals surface area contributed by atoms with E-state index in [2.05, 4.69) is 142 Å². The molecule has 1 aliphatic carbocycles. The number of carbonyl (C=O) groups excluding carboxylic acids is 2. The van der Waals surface area contributed by atoms with E-state index in [1.807, 2.05) is 38.4 Å². The largest absolute Gasteiger partial charge is 0.388 e. The summed E-state index contributed by atoms with van der Waals surface area (Å²) in [5.74, 6) is -0.153. The average molecular weight is 1120 g/mol. The number of allylic oxidation sites excluding steroid dienone is 6. The van der Waals surface area contributed by atoms with E-state index < -0.39 is 8.07 Å². The van der Waals surface area contributed by atoms with Crippen molar-refractivity contribution in [3.63, 3.8) is 0 Å². The summed E-state index contributed by atoms with van der Waals surface area (Å²) in [6.07, 6.45) is 9.08. The first-order valence-electron chi connectivity index (χ1n) is 27.6. The molecule has 0 fully saturated rings. The topological polar surface area (TPSA) is 164 Å². The first-order chi connectivity index (χ1) is 39.0. The van der Waals surface area contributed by atoms with Crippen molar-refractivity contribution in [2.45, 2.75) is 78.8 Å². The lowest BCUT2D eigenvalue weighted by Gasteiger charge is -2.38. The molecule has 0 bridgehead atoms. The van der Waals surface area contributed by atoms with Crippen molar-refractivity contribution >= 4 is 86.2 Å². The number of hydrogen-bond acceptors (Lipinski definition) is 13. The van der Waals surface area contributed by atoms with Crippen molar-refractivity contribution in [2.75, 3.05) is 49.5 Å². The van der Waals surface area contributed by atoms with E-state index in [4.69, 9.17) is 0 Å². The van der Waals surface area contributed by atoms with E-state index in [1.54, 1.807) is 49.4 Å². The number of para-hydroxylation sites is 2. The van der Waals surface area contributed by atoms with Gasteiger partial charge in [-0.1, -0.05) is 111 Å². The molecule has 0 spiro atoms. The molecule has 0 radical (unpaired) electrons. The Morgan fingerprint density at radius 3 is 1.88 bits per heavy atom. The number of Topliss-reactive ketones (excluding diaryl/α,β-unsaturated/α-hetero) is 1. The number of amides is 1. The van der Waals surface area contributed by atoms with Gasteiger partial charge in [0.1, 0.15) is 8.07 Å². The Labute approximate surface area is 480 Å². The van der Waals surface area contributed by atoms with Crippen LogP contribution in [0.5, 0.6) is 0 Å². The van der Waals surface area contributed by atoms with Crippen molar-refractivity contribution in [3.05, 3.63) is 207 Å². The number of carbonyl (C=O) groups is 2. The third kappa shape index (κ3) is 12.8. The Morgan fingerprint density at radius 2 is 1.27 bits per heavy atom. The van der Waals surface area contributed by atoms with Gasteiger partial charge in [0, 0.05) is 75.9 Å². The summed E-state index contributed by atoms with van der Waals surface area (Å²) in [6.45, 7) is 19.3. The van der Waals surface area contributed by atoms with Crippen molar-refractivity contribution in [1.82, 2.24) is 15.1 Å². The molecule has 15 heteroatoms. The lowest BCUT2D eigenvalue weighted by Crippen LogP contribution is -2.49. The quantitative estimate of drug-likeness (QED) is 0.0112. The minimum atomic E-state index is -2.17. The van der Waals surface area contributed by atoms with Gasteiger partial charge in [-0.2, -0.15) is 0 Å². The normalized spacial score (nSPS) is 14.1. The average Bonchev–Trinajstić information content (AvgIpc) is 3.97. The van der Waals surface area contributed by atoms with E-state index in [9.17, 15) is 30.4 Å². The number of nitrogens with zero attached hydrogens (tertiary/aromatic N) is 5. The number of hydrogen-bond donors (Lipinski definition) is 6. The zero-order chi connectivity index (χ0) is 57.5. The maximum Gasteiger partial charge on any atom is 0.246 e. The standard InChI is InChI=1S/C66H73N7O6SSi/c1-43(2)61(74)24-15-16-32-70(38-46-18-9-13-22-59(46)72(76)77)41-58-52-21-12-11-20-51(52)57(40-71(33-17-31-69-66(75)44(3)4)39-47-19-10-14-23-60(47)73(78)79)53-28-25-45(34-56(53)58)62-35-48(42-80-62)65-54-29-26-49(67-5)36-63(54)81(7,8)64-37-50(68-6)27-30-55(64)65/h9-14,18-23,25-30,34-37,42,67,76-79H,1,3,15-17,24,31-33,38-41H2,2,4-8H3,(H,69,75). The monoisotopic (exact) mass is 1120 g/mol. The van der Waals surface area contributed by atoms with Gasteiger partial charge in [0.25, 0.3) is 0 Å².